The highest BCUT2D eigenvalue weighted by molar-refractivity contribution is 5.96. The Morgan fingerprint density at radius 1 is 1.27 bits per heavy atom. The third kappa shape index (κ3) is 3.84. The second kappa shape index (κ2) is 8.19. The molecule has 3 aromatic heterocycles. The number of fused-ring (bicyclic) bond motifs is 2. The van der Waals surface area contributed by atoms with Gasteiger partial charge in [-0.15, -0.1) is 0 Å². The molecule has 0 spiro atoms. The van der Waals surface area contributed by atoms with Crippen molar-refractivity contribution in [2.24, 2.45) is 5.92 Å². The lowest BCUT2D eigenvalue weighted by Crippen LogP contribution is -2.10. The summed E-state index contributed by atoms with van der Waals surface area (Å²) in [5.41, 5.74) is 5.67. The zero-order valence-corrected chi connectivity index (χ0v) is 17.4. The molecule has 1 fully saturated rings. The van der Waals surface area contributed by atoms with Gasteiger partial charge in [0, 0.05) is 49.4 Å². The molecule has 3 aromatic rings. The van der Waals surface area contributed by atoms with Crippen molar-refractivity contribution in [3.05, 3.63) is 58.8 Å². The van der Waals surface area contributed by atoms with E-state index in [1.807, 2.05) is 29.7 Å². The van der Waals surface area contributed by atoms with Crippen LogP contribution < -0.4 is 4.74 Å². The summed E-state index contributed by atoms with van der Waals surface area (Å²) >= 11 is 0. The quantitative estimate of drug-likeness (QED) is 0.562. The number of rotatable bonds is 7. The Morgan fingerprint density at radius 2 is 2.20 bits per heavy atom. The van der Waals surface area contributed by atoms with E-state index in [2.05, 4.69) is 17.2 Å². The van der Waals surface area contributed by atoms with Crippen LogP contribution in [0.1, 0.15) is 52.8 Å². The summed E-state index contributed by atoms with van der Waals surface area (Å²) in [5, 5.41) is 0. The summed E-state index contributed by atoms with van der Waals surface area (Å²) in [6.45, 7) is 4.15. The van der Waals surface area contributed by atoms with Crippen LogP contribution in [0.3, 0.4) is 0 Å². The molecule has 1 unspecified atom stereocenters. The van der Waals surface area contributed by atoms with Gasteiger partial charge in [-0.25, -0.2) is 9.97 Å². The Morgan fingerprint density at radius 3 is 3.03 bits per heavy atom. The topological polar surface area (TPSA) is 65.7 Å². The smallest absolute Gasteiger partial charge is 0.185 e. The summed E-state index contributed by atoms with van der Waals surface area (Å²) in [7, 11) is 0. The van der Waals surface area contributed by atoms with Crippen LogP contribution >= 0.6 is 0 Å². The lowest BCUT2D eigenvalue weighted by atomic mass is 10.0. The number of hydrogen-bond donors (Lipinski definition) is 0. The number of carbonyl (C=O) groups is 1. The van der Waals surface area contributed by atoms with E-state index in [0.29, 0.717) is 18.2 Å². The van der Waals surface area contributed by atoms with Gasteiger partial charge in [0.1, 0.15) is 17.1 Å². The van der Waals surface area contributed by atoms with Crippen molar-refractivity contribution < 1.29 is 14.3 Å². The molecule has 6 heteroatoms. The van der Waals surface area contributed by atoms with E-state index >= 15 is 0 Å². The molecule has 6 nitrogen and oxygen atoms in total. The zero-order chi connectivity index (χ0) is 20.5. The predicted molar refractivity (Wildman–Crippen MR) is 113 cm³/mol. The van der Waals surface area contributed by atoms with Crippen LogP contribution in [0.2, 0.25) is 0 Å². The van der Waals surface area contributed by atoms with E-state index < -0.39 is 0 Å². The number of hydrogen-bond acceptors (Lipinski definition) is 5. The van der Waals surface area contributed by atoms with Crippen molar-refractivity contribution in [2.75, 3.05) is 19.8 Å². The highest BCUT2D eigenvalue weighted by atomic mass is 16.5. The third-order valence-corrected chi connectivity index (χ3v) is 6.07. The van der Waals surface area contributed by atoms with E-state index in [-0.39, 0.29) is 12.2 Å². The van der Waals surface area contributed by atoms with Gasteiger partial charge in [-0.1, -0.05) is 6.07 Å². The molecule has 0 amide bonds. The van der Waals surface area contributed by atoms with Crippen LogP contribution in [0.5, 0.6) is 5.75 Å². The number of aromatic nitrogens is 3. The molecule has 0 radical (unpaired) electrons. The molecule has 0 bridgehead atoms. The number of carbonyl (C=O) groups excluding carboxylic acids is 1. The minimum absolute atomic E-state index is 0.0217. The average Bonchev–Trinajstić information content (AvgIpc) is 3.48. The van der Waals surface area contributed by atoms with Crippen LogP contribution in [-0.2, 0) is 30.4 Å². The largest absolute Gasteiger partial charge is 0.493 e. The molecular weight excluding hydrogens is 378 g/mol. The molecule has 2 aliphatic rings. The third-order valence-electron chi connectivity index (χ3n) is 6.07. The monoisotopic (exact) mass is 405 g/mol. The first kappa shape index (κ1) is 19.2. The molecule has 1 aliphatic heterocycles. The average molecular weight is 405 g/mol. The van der Waals surface area contributed by atoms with Gasteiger partial charge in [-0.3, -0.25) is 4.79 Å². The van der Waals surface area contributed by atoms with Crippen molar-refractivity contribution in [1.82, 2.24) is 14.4 Å². The summed E-state index contributed by atoms with van der Waals surface area (Å²) in [6.07, 6.45) is 9.47. The van der Waals surface area contributed by atoms with Gasteiger partial charge in [0.15, 0.2) is 5.78 Å². The number of Topliss-reactive ketones (excluding diaryl/α,β-unsaturated/α-hetero) is 1. The summed E-state index contributed by atoms with van der Waals surface area (Å²) < 4.78 is 13.3. The Hall–Kier alpha value is -2.73. The van der Waals surface area contributed by atoms with E-state index in [0.717, 1.165) is 73.7 Å². The number of aryl methyl sites for hydroxylation is 2. The summed E-state index contributed by atoms with van der Waals surface area (Å²) in [6, 6.07) is 5.87. The van der Waals surface area contributed by atoms with Crippen molar-refractivity contribution in [2.45, 2.75) is 45.4 Å². The van der Waals surface area contributed by atoms with Crippen molar-refractivity contribution >= 4 is 11.4 Å². The van der Waals surface area contributed by atoms with E-state index in [1.54, 1.807) is 0 Å². The number of pyridine rings is 2. The van der Waals surface area contributed by atoms with Crippen LogP contribution in [0.15, 0.2) is 30.6 Å². The minimum Gasteiger partial charge on any atom is -0.493 e. The van der Waals surface area contributed by atoms with Crippen LogP contribution in [0, 0.1) is 5.92 Å². The Bertz CT molecular complexity index is 1080. The molecule has 0 saturated carbocycles. The second-order valence-electron chi connectivity index (χ2n) is 8.28. The fourth-order valence-corrected chi connectivity index (χ4v) is 4.51. The lowest BCUT2D eigenvalue weighted by molar-refractivity contribution is 0.0986. The minimum atomic E-state index is 0.0217. The Labute approximate surface area is 176 Å². The van der Waals surface area contributed by atoms with Crippen LogP contribution in [0.25, 0.3) is 5.65 Å². The van der Waals surface area contributed by atoms with Crippen LogP contribution in [0.4, 0.5) is 0 Å². The van der Waals surface area contributed by atoms with Gasteiger partial charge >= 0.3 is 0 Å². The van der Waals surface area contributed by atoms with Crippen molar-refractivity contribution in [1.29, 1.82) is 0 Å². The van der Waals surface area contributed by atoms with E-state index in [1.165, 1.54) is 5.56 Å². The summed E-state index contributed by atoms with van der Waals surface area (Å²) in [5.74, 6) is 1.28. The van der Waals surface area contributed by atoms with Crippen molar-refractivity contribution in [3.63, 3.8) is 0 Å². The fourth-order valence-electron chi connectivity index (χ4n) is 4.51. The number of ether oxygens (including phenoxy) is 2. The van der Waals surface area contributed by atoms with Gasteiger partial charge < -0.3 is 13.9 Å². The highest BCUT2D eigenvalue weighted by Crippen LogP contribution is 2.26. The molecule has 30 heavy (non-hydrogen) atoms. The number of imidazole rings is 1. The van der Waals surface area contributed by atoms with Crippen LogP contribution in [-0.4, -0.2) is 40.0 Å². The van der Waals surface area contributed by atoms with Gasteiger partial charge in [0.25, 0.3) is 0 Å². The second-order valence-corrected chi connectivity index (χ2v) is 8.28. The Kier molecular flexibility index (Phi) is 5.25. The first-order chi connectivity index (χ1) is 14.7. The molecule has 0 aromatic carbocycles. The summed E-state index contributed by atoms with van der Waals surface area (Å²) in [4.78, 5) is 22.4. The SMILES string of the molecule is CCOc1cc2nc(CC3CCOC3)cn2cc1CC(=O)c1ccc2c(n1)CCC2. The predicted octanol–water partition coefficient (Wildman–Crippen LogP) is 3.62. The first-order valence-corrected chi connectivity index (χ1v) is 10.9. The molecule has 5 rings (SSSR count). The van der Waals surface area contributed by atoms with Gasteiger partial charge in [-0.2, -0.15) is 0 Å². The molecule has 1 aliphatic carbocycles. The number of nitrogens with zero attached hydrogens (tertiary/aromatic N) is 3. The standard InChI is InChI=1S/C24H27N3O3/c1-2-30-23-12-24-25-19(10-16-8-9-29-15-16)14-27(24)13-18(23)11-22(28)21-7-6-17-4-3-5-20(17)26-21/h6-7,12-14,16H,2-5,8-11,15H2,1H3. The maximum absolute atomic E-state index is 13.0. The maximum Gasteiger partial charge on any atom is 0.185 e. The fraction of sp³-hybridized carbons (Fsp3) is 0.458. The lowest BCUT2D eigenvalue weighted by Gasteiger charge is -2.11. The molecule has 4 heterocycles. The van der Waals surface area contributed by atoms with Gasteiger partial charge in [0.2, 0.25) is 0 Å². The van der Waals surface area contributed by atoms with E-state index in [4.69, 9.17) is 14.5 Å². The van der Waals surface area contributed by atoms with Gasteiger partial charge in [0.05, 0.1) is 12.3 Å². The number of ketones is 1. The normalized spacial score (nSPS) is 18.1. The molecule has 1 atom stereocenters. The van der Waals surface area contributed by atoms with Crippen molar-refractivity contribution in [3.8, 4) is 5.75 Å². The molecule has 156 valence electrons. The zero-order valence-electron chi connectivity index (χ0n) is 17.4. The molecular formula is C24H27N3O3. The highest BCUT2D eigenvalue weighted by Gasteiger charge is 2.20. The molecule has 1 saturated heterocycles. The first-order valence-electron chi connectivity index (χ1n) is 10.9. The van der Waals surface area contributed by atoms with Gasteiger partial charge in [-0.05, 0) is 56.6 Å². The Balaban J connectivity index is 1.41. The van der Waals surface area contributed by atoms with E-state index in [9.17, 15) is 4.79 Å². The molecule has 0 N–H and O–H groups in total. The maximum atomic E-state index is 13.0.